The topological polar surface area (TPSA) is 41.6 Å². The first-order valence-corrected chi connectivity index (χ1v) is 6.71. The van der Waals surface area contributed by atoms with E-state index in [1.807, 2.05) is 30.0 Å². The highest BCUT2D eigenvalue weighted by atomic mass is 35.5. The van der Waals surface area contributed by atoms with Gasteiger partial charge in [0.25, 0.3) is 5.91 Å². The number of piperazine rings is 1. The zero-order valence-electron chi connectivity index (χ0n) is 12.5. The summed E-state index contributed by atoms with van der Waals surface area (Å²) in [5, 5.41) is 3.43. The largest absolute Gasteiger partial charge is 0.496 e. The third-order valence-electron chi connectivity index (χ3n) is 3.50. The van der Waals surface area contributed by atoms with Crippen molar-refractivity contribution in [2.24, 2.45) is 0 Å². The molecule has 112 valence electrons. The van der Waals surface area contributed by atoms with Gasteiger partial charge in [0.05, 0.1) is 7.11 Å². The summed E-state index contributed by atoms with van der Waals surface area (Å²) in [5.74, 6) is 0.848. The maximum absolute atomic E-state index is 12.5. The van der Waals surface area contributed by atoms with Gasteiger partial charge in [-0.25, -0.2) is 0 Å². The first-order valence-electron chi connectivity index (χ1n) is 6.71. The molecule has 1 aromatic carbocycles. The normalized spacial score (nSPS) is 22.1. The van der Waals surface area contributed by atoms with E-state index in [1.54, 1.807) is 7.11 Å². The highest BCUT2D eigenvalue weighted by Crippen LogP contribution is 2.20. The Morgan fingerprint density at radius 1 is 1.30 bits per heavy atom. The van der Waals surface area contributed by atoms with Crippen molar-refractivity contribution in [3.63, 3.8) is 0 Å². The smallest absolute Gasteiger partial charge is 0.254 e. The number of nitrogens with zero attached hydrogens (tertiary/aromatic N) is 1. The first kappa shape index (κ1) is 16.8. The van der Waals surface area contributed by atoms with Gasteiger partial charge in [0.2, 0.25) is 0 Å². The van der Waals surface area contributed by atoms with E-state index in [-0.39, 0.29) is 18.3 Å². The second kappa shape index (κ2) is 6.95. The lowest BCUT2D eigenvalue weighted by atomic mass is 10.1. The van der Waals surface area contributed by atoms with Crippen molar-refractivity contribution < 1.29 is 9.53 Å². The Morgan fingerprint density at radius 3 is 2.45 bits per heavy atom. The summed E-state index contributed by atoms with van der Waals surface area (Å²) in [4.78, 5) is 14.4. The number of methoxy groups -OCH3 is 1. The minimum absolute atomic E-state index is 0. The Hall–Kier alpha value is -1.26. The van der Waals surface area contributed by atoms with Gasteiger partial charge in [-0.15, -0.1) is 12.4 Å². The lowest BCUT2D eigenvalue weighted by molar-refractivity contribution is 0.0673. The van der Waals surface area contributed by atoms with Crippen molar-refractivity contribution in [3.05, 3.63) is 29.3 Å². The molecule has 0 spiro atoms. The fraction of sp³-hybridized carbons (Fsp3) is 0.533. The van der Waals surface area contributed by atoms with Crippen LogP contribution < -0.4 is 10.1 Å². The zero-order chi connectivity index (χ0) is 14.0. The number of amides is 1. The molecule has 20 heavy (non-hydrogen) atoms. The van der Waals surface area contributed by atoms with Crippen molar-refractivity contribution in [1.29, 1.82) is 0 Å². The van der Waals surface area contributed by atoms with E-state index in [0.29, 0.717) is 17.6 Å². The summed E-state index contributed by atoms with van der Waals surface area (Å²) in [6.45, 7) is 7.68. The Morgan fingerprint density at radius 2 is 1.90 bits per heavy atom. The molecule has 2 rings (SSSR count). The highest BCUT2D eigenvalue weighted by Gasteiger charge is 2.25. The van der Waals surface area contributed by atoms with Crippen LogP contribution in [-0.4, -0.2) is 43.1 Å². The van der Waals surface area contributed by atoms with Crippen LogP contribution in [0.15, 0.2) is 18.2 Å². The van der Waals surface area contributed by atoms with Crippen molar-refractivity contribution in [1.82, 2.24) is 10.2 Å². The fourth-order valence-electron chi connectivity index (χ4n) is 2.63. The molecule has 0 aromatic heterocycles. The van der Waals surface area contributed by atoms with Crippen LogP contribution in [0.2, 0.25) is 0 Å². The van der Waals surface area contributed by atoms with Gasteiger partial charge in [0, 0.05) is 30.7 Å². The highest BCUT2D eigenvalue weighted by molar-refractivity contribution is 5.94. The number of rotatable bonds is 2. The molecule has 1 aromatic rings. The van der Waals surface area contributed by atoms with Gasteiger partial charge in [0.15, 0.2) is 0 Å². The number of carbonyl (C=O) groups excluding carboxylic acids is 1. The predicted octanol–water partition coefficient (Wildman–Crippen LogP) is 2.25. The maximum Gasteiger partial charge on any atom is 0.254 e. The van der Waals surface area contributed by atoms with Crippen LogP contribution in [0.4, 0.5) is 0 Å². The molecule has 1 N–H and O–H groups in total. The average molecular weight is 299 g/mol. The van der Waals surface area contributed by atoms with E-state index in [0.717, 1.165) is 24.4 Å². The van der Waals surface area contributed by atoms with Crippen LogP contribution in [0.3, 0.4) is 0 Å². The third-order valence-corrected chi connectivity index (χ3v) is 3.50. The van der Waals surface area contributed by atoms with Gasteiger partial charge in [-0.1, -0.05) is 6.07 Å². The quantitative estimate of drug-likeness (QED) is 0.910. The van der Waals surface area contributed by atoms with Gasteiger partial charge >= 0.3 is 0 Å². The standard InChI is InChI=1S/C15H22N2O2.ClH/c1-10-5-6-13(7-14(10)19-4)15(18)17-8-11(2)16-12(3)9-17;/h5-7,11-12,16H,8-9H2,1-4H3;1H. The number of aryl methyl sites for hydroxylation is 1. The summed E-state index contributed by atoms with van der Waals surface area (Å²) in [5.41, 5.74) is 1.74. The number of hydrogen-bond donors (Lipinski definition) is 1. The lowest BCUT2D eigenvalue weighted by Crippen LogP contribution is -2.55. The van der Waals surface area contributed by atoms with Gasteiger partial charge < -0.3 is 15.0 Å². The number of halogens is 1. The van der Waals surface area contributed by atoms with Crippen LogP contribution in [-0.2, 0) is 0 Å². The monoisotopic (exact) mass is 298 g/mol. The summed E-state index contributed by atoms with van der Waals surface area (Å²) in [6, 6.07) is 6.30. The molecule has 2 unspecified atom stereocenters. The molecule has 0 aliphatic carbocycles. The molecule has 0 saturated carbocycles. The number of ether oxygens (including phenoxy) is 1. The van der Waals surface area contributed by atoms with Crippen LogP contribution in [0, 0.1) is 6.92 Å². The van der Waals surface area contributed by atoms with E-state index in [9.17, 15) is 4.79 Å². The molecule has 5 heteroatoms. The van der Waals surface area contributed by atoms with Gasteiger partial charge in [0.1, 0.15) is 5.75 Å². The third kappa shape index (κ3) is 3.64. The first-order chi connectivity index (χ1) is 9.01. The number of nitrogens with one attached hydrogen (secondary N) is 1. The zero-order valence-corrected chi connectivity index (χ0v) is 13.3. The lowest BCUT2D eigenvalue weighted by Gasteiger charge is -2.36. The van der Waals surface area contributed by atoms with Crippen molar-refractivity contribution in [2.75, 3.05) is 20.2 Å². The summed E-state index contributed by atoms with van der Waals surface area (Å²) in [7, 11) is 1.63. The molecule has 0 radical (unpaired) electrons. The van der Waals surface area contributed by atoms with Crippen LogP contribution in [0.5, 0.6) is 5.75 Å². The average Bonchev–Trinajstić information content (AvgIpc) is 2.37. The SMILES string of the molecule is COc1cc(C(=O)N2CC(C)NC(C)C2)ccc1C.Cl. The van der Waals surface area contributed by atoms with Crippen molar-refractivity contribution in [2.45, 2.75) is 32.9 Å². The molecule has 4 nitrogen and oxygen atoms in total. The number of hydrogen-bond acceptors (Lipinski definition) is 3. The molecule has 1 aliphatic rings. The van der Waals surface area contributed by atoms with E-state index >= 15 is 0 Å². The fourth-order valence-corrected chi connectivity index (χ4v) is 2.63. The molecule has 2 atom stereocenters. The Balaban J connectivity index is 0.00000200. The van der Waals surface area contributed by atoms with Crippen LogP contribution in [0.1, 0.15) is 29.8 Å². The Bertz CT molecular complexity index is 469. The molecule has 1 amide bonds. The summed E-state index contributed by atoms with van der Waals surface area (Å²) >= 11 is 0. The van der Waals surface area contributed by atoms with Gasteiger partial charge in [-0.05, 0) is 38.5 Å². The van der Waals surface area contributed by atoms with Crippen molar-refractivity contribution in [3.8, 4) is 5.75 Å². The molecular weight excluding hydrogens is 276 g/mol. The minimum atomic E-state index is 0. The van der Waals surface area contributed by atoms with Crippen LogP contribution in [0.25, 0.3) is 0 Å². The molecular formula is C15H23ClN2O2. The van der Waals surface area contributed by atoms with Crippen LogP contribution >= 0.6 is 12.4 Å². The second-order valence-corrected chi connectivity index (χ2v) is 5.36. The maximum atomic E-state index is 12.5. The molecule has 1 heterocycles. The van der Waals surface area contributed by atoms with Gasteiger partial charge in [-0.2, -0.15) is 0 Å². The molecule has 1 aliphatic heterocycles. The Labute approximate surface area is 126 Å². The minimum Gasteiger partial charge on any atom is -0.496 e. The van der Waals surface area contributed by atoms with Crippen molar-refractivity contribution >= 4 is 18.3 Å². The number of benzene rings is 1. The van der Waals surface area contributed by atoms with E-state index < -0.39 is 0 Å². The molecule has 0 bridgehead atoms. The Kier molecular flexibility index (Phi) is 5.84. The number of carbonyl (C=O) groups is 1. The van der Waals surface area contributed by atoms with E-state index in [2.05, 4.69) is 19.2 Å². The van der Waals surface area contributed by atoms with E-state index in [1.165, 1.54) is 0 Å². The molecule has 1 fully saturated rings. The second-order valence-electron chi connectivity index (χ2n) is 5.36. The predicted molar refractivity (Wildman–Crippen MR) is 82.9 cm³/mol. The molecule has 1 saturated heterocycles. The summed E-state index contributed by atoms with van der Waals surface area (Å²) < 4.78 is 5.28. The van der Waals surface area contributed by atoms with E-state index in [4.69, 9.17) is 4.74 Å². The van der Waals surface area contributed by atoms with Gasteiger partial charge in [-0.3, -0.25) is 4.79 Å². The summed E-state index contributed by atoms with van der Waals surface area (Å²) in [6.07, 6.45) is 0.